The zero-order valence-corrected chi connectivity index (χ0v) is 13.1. The summed E-state index contributed by atoms with van der Waals surface area (Å²) >= 11 is 13.6. The highest BCUT2D eigenvalue weighted by Crippen LogP contribution is 2.34. The van der Waals surface area contributed by atoms with E-state index < -0.39 is 5.97 Å². The molecular formula is C12H11Cl2N3O2S. The number of rotatable bonds is 4. The number of carbonyl (C=O) groups is 1. The number of aliphatic carboxylic acids is 1. The molecule has 0 radical (unpaired) electrons. The molecule has 0 spiro atoms. The summed E-state index contributed by atoms with van der Waals surface area (Å²) in [5, 5.41) is 18.1. The first kappa shape index (κ1) is 15.2. The fourth-order valence-electron chi connectivity index (χ4n) is 1.67. The summed E-state index contributed by atoms with van der Waals surface area (Å²) in [6.07, 6.45) is 0. The Balaban J connectivity index is 2.55. The molecule has 0 aliphatic rings. The average Bonchev–Trinajstić information content (AvgIpc) is 2.74. The molecule has 2 rings (SSSR count). The number of aryl methyl sites for hydroxylation is 2. The van der Waals surface area contributed by atoms with Crippen molar-refractivity contribution in [2.75, 3.05) is 5.75 Å². The maximum absolute atomic E-state index is 10.7. The third-order valence-electron chi connectivity index (χ3n) is 2.60. The van der Waals surface area contributed by atoms with Crippen molar-refractivity contribution in [1.82, 2.24) is 14.8 Å². The molecule has 0 aliphatic carbocycles. The van der Waals surface area contributed by atoms with Gasteiger partial charge in [0.05, 0.1) is 21.5 Å². The summed E-state index contributed by atoms with van der Waals surface area (Å²) in [5.74, 6) is -0.449. The number of benzene rings is 1. The van der Waals surface area contributed by atoms with E-state index in [4.69, 9.17) is 28.3 Å². The summed E-state index contributed by atoms with van der Waals surface area (Å²) in [7, 11) is 0. The molecule has 0 aliphatic heterocycles. The summed E-state index contributed by atoms with van der Waals surface area (Å²) in [6.45, 7) is 3.62. The van der Waals surface area contributed by atoms with Crippen molar-refractivity contribution in [3.63, 3.8) is 0 Å². The molecule has 1 heterocycles. The molecule has 2 aromatic rings. The Morgan fingerprint density at radius 2 is 2.05 bits per heavy atom. The minimum atomic E-state index is -0.927. The van der Waals surface area contributed by atoms with Crippen LogP contribution in [0.5, 0.6) is 0 Å². The van der Waals surface area contributed by atoms with Gasteiger partial charge in [-0.3, -0.25) is 9.36 Å². The van der Waals surface area contributed by atoms with Crippen molar-refractivity contribution >= 4 is 40.9 Å². The standard InChI is InChI=1S/C12H11Cl2N3O2S/c1-6-3-4-8(13)11(10(6)14)17-7(2)15-16-12(17)20-5-9(18)19/h3-4H,5H2,1-2H3,(H,18,19). The van der Waals surface area contributed by atoms with Crippen molar-refractivity contribution in [3.05, 3.63) is 33.6 Å². The number of carboxylic acids is 1. The monoisotopic (exact) mass is 331 g/mol. The highest BCUT2D eigenvalue weighted by molar-refractivity contribution is 7.99. The van der Waals surface area contributed by atoms with Crippen LogP contribution in [0.1, 0.15) is 11.4 Å². The van der Waals surface area contributed by atoms with Gasteiger partial charge in [0.2, 0.25) is 0 Å². The van der Waals surface area contributed by atoms with Crippen LogP contribution in [-0.2, 0) is 4.79 Å². The van der Waals surface area contributed by atoms with Gasteiger partial charge >= 0.3 is 5.97 Å². The van der Waals surface area contributed by atoms with Crippen LogP contribution in [0.3, 0.4) is 0 Å². The van der Waals surface area contributed by atoms with E-state index in [0.717, 1.165) is 17.3 Å². The second-order valence-electron chi connectivity index (χ2n) is 4.07. The zero-order valence-electron chi connectivity index (χ0n) is 10.7. The topological polar surface area (TPSA) is 68.0 Å². The fourth-order valence-corrected chi connectivity index (χ4v) is 2.91. The summed E-state index contributed by atoms with van der Waals surface area (Å²) in [5.41, 5.74) is 1.44. The first-order chi connectivity index (χ1) is 9.41. The lowest BCUT2D eigenvalue weighted by Crippen LogP contribution is -2.04. The van der Waals surface area contributed by atoms with Gasteiger partial charge in [-0.2, -0.15) is 0 Å². The van der Waals surface area contributed by atoms with E-state index >= 15 is 0 Å². The highest BCUT2D eigenvalue weighted by Gasteiger charge is 2.18. The molecule has 0 atom stereocenters. The zero-order chi connectivity index (χ0) is 14.9. The van der Waals surface area contributed by atoms with Crippen molar-refractivity contribution in [1.29, 1.82) is 0 Å². The van der Waals surface area contributed by atoms with Gasteiger partial charge in [0.1, 0.15) is 5.82 Å². The normalized spacial score (nSPS) is 10.8. The van der Waals surface area contributed by atoms with Crippen LogP contribution in [0.4, 0.5) is 0 Å². The molecule has 1 N–H and O–H groups in total. The second kappa shape index (κ2) is 6.03. The van der Waals surface area contributed by atoms with E-state index in [1.54, 1.807) is 17.6 Å². The van der Waals surface area contributed by atoms with Crippen LogP contribution in [0.25, 0.3) is 5.69 Å². The quantitative estimate of drug-likeness (QED) is 0.870. The summed E-state index contributed by atoms with van der Waals surface area (Å²) in [6, 6.07) is 3.56. The average molecular weight is 332 g/mol. The molecule has 8 heteroatoms. The molecule has 106 valence electrons. The van der Waals surface area contributed by atoms with Gasteiger partial charge in [0.25, 0.3) is 0 Å². The second-order valence-corrected chi connectivity index (χ2v) is 5.80. The number of hydrogen-bond donors (Lipinski definition) is 1. The number of nitrogens with zero attached hydrogens (tertiary/aromatic N) is 3. The predicted molar refractivity (Wildman–Crippen MR) is 79.2 cm³/mol. The van der Waals surface area contributed by atoms with Crippen LogP contribution in [0.2, 0.25) is 10.0 Å². The van der Waals surface area contributed by atoms with Gasteiger partial charge in [-0.05, 0) is 25.5 Å². The van der Waals surface area contributed by atoms with Crippen LogP contribution in [0, 0.1) is 13.8 Å². The van der Waals surface area contributed by atoms with Gasteiger partial charge in [-0.1, -0.05) is 41.0 Å². The molecule has 0 fully saturated rings. The minimum Gasteiger partial charge on any atom is -0.481 e. The summed E-state index contributed by atoms with van der Waals surface area (Å²) < 4.78 is 1.67. The van der Waals surface area contributed by atoms with E-state index in [1.807, 2.05) is 13.0 Å². The molecule has 1 aromatic carbocycles. The molecule has 0 amide bonds. The Bertz CT molecular complexity index is 673. The van der Waals surface area contributed by atoms with E-state index in [9.17, 15) is 4.79 Å². The Morgan fingerprint density at radius 1 is 1.35 bits per heavy atom. The first-order valence-electron chi connectivity index (χ1n) is 5.63. The Kier molecular flexibility index (Phi) is 4.57. The number of thioether (sulfide) groups is 1. The Hall–Kier alpha value is -1.24. The number of hydrogen-bond acceptors (Lipinski definition) is 4. The maximum atomic E-state index is 10.7. The van der Waals surface area contributed by atoms with Gasteiger partial charge in [-0.15, -0.1) is 10.2 Å². The lowest BCUT2D eigenvalue weighted by molar-refractivity contribution is -0.133. The van der Waals surface area contributed by atoms with E-state index in [1.165, 1.54) is 0 Å². The number of halogens is 2. The molecule has 1 aromatic heterocycles. The third-order valence-corrected chi connectivity index (χ3v) is 4.30. The number of carboxylic acid groups (broad SMARTS) is 1. The molecular weight excluding hydrogens is 321 g/mol. The maximum Gasteiger partial charge on any atom is 0.313 e. The SMILES string of the molecule is Cc1ccc(Cl)c(-n2c(C)nnc2SCC(=O)O)c1Cl. The van der Waals surface area contributed by atoms with Crippen molar-refractivity contribution in [3.8, 4) is 5.69 Å². The van der Waals surface area contributed by atoms with Crippen molar-refractivity contribution in [2.24, 2.45) is 0 Å². The lowest BCUT2D eigenvalue weighted by Gasteiger charge is -2.13. The fraction of sp³-hybridized carbons (Fsp3) is 0.250. The van der Waals surface area contributed by atoms with Crippen LogP contribution >= 0.6 is 35.0 Å². The first-order valence-corrected chi connectivity index (χ1v) is 7.37. The Labute approximate surface area is 129 Å². The molecule has 0 saturated carbocycles. The van der Waals surface area contributed by atoms with Gasteiger partial charge in [0, 0.05) is 0 Å². The van der Waals surface area contributed by atoms with Gasteiger partial charge in [-0.25, -0.2) is 0 Å². The van der Waals surface area contributed by atoms with Crippen molar-refractivity contribution < 1.29 is 9.90 Å². The van der Waals surface area contributed by atoms with Gasteiger partial charge < -0.3 is 5.11 Å². The van der Waals surface area contributed by atoms with Gasteiger partial charge in [0.15, 0.2) is 5.16 Å². The van der Waals surface area contributed by atoms with E-state index in [-0.39, 0.29) is 5.75 Å². The smallest absolute Gasteiger partial charge is 0.313 e. The molecule has 20 heavy (non-hydrogen) atoms. The lowest BCUT2D eigenvalue weighted by atomic mass is 10.2. The van der Waals surface area contributed by atoms with Crippen molar-refractivity contribution in [2.45, 2.75) is 19.0 Å². The number of aromatic nitrogens is 3. The predicted octanol–water partition coefficient (Wildman–Crippen LogP) is 3.37. The minimum absolute atomic E-state index is 0.112. The highest BCUT2D eigenvalue weighted by atomic mass is 35.5. The molecule has 0 bridgehead atoms. The molecule has 5 nitrogen and oxygen atoms in total. The van der Waals surface area contributed by atoms with E-state index in [0.29, 0.717) is 26.7 Å². The third kappa shape index (κ3) is 2.92. The van der Waals surface area contributed by atoms with Crippen LogP contribution in [-0.4, -0.2) is 31.6 Å². The Morgan fingerprint density at radius 3 is 2.70 bits per heavy atom. The molecule has 0 saturated heterocycles. The summed E-state index contributed by atoms with van der Waals surface area (Å²) in [4.78, 5) is 10.7. The molecule has 0 unspecified atom stereocenters. The van der Waals surface area contributed by atoms with Crippen LogP contribution in [0.15, 0.2) is 17.3 Å². The van der Waals surface area contributed by atoms with Crippen LogP contribution < -0.4 is 0 Å². The van der Waals surface area contributed by atoms with E-state index in [2.05, 4.69) is 10.2 Å². The largest absolute Gasteiger partial charge is 0.481 e.